The highest BCUT2D eigenvalue weighted by atomic mass is 35.5. The third kappa shape index (κ3) is 6.08. The zero-order chi connectivity index (χ0) is 25.1. The molecule has 196 valence electrons. The van der Waals surface area contributed by atoms with Gasteiger partial charge in [-0.05, 0) is 55.4 Å². The third-order valence-corrected chi connectivity index (χ3v) is 9.09. The number of amides is 1. The first-order chi connectivity index (χ1) is 17.5. The highest BCUT2D eigenvalue weighted by Gasteiger charge is 2.38. The van der Waals surface area contributed by atoms with Gasteiger partial charge in [-0.25, -0.2) is 4.79 Å². The summed E-state index contributed by atoms with van der Waals surface area (Å²) in [5.41, 5.74) is 2.85. The van der Waals surface area contributed by atoms with Crippen LogP contribution in [0.25, 0.3) is 10.4 Å². The quantitative estimate of drug-likeness (QED) is 0.507. The summed E-state index contributed by atoms with van der Waals surface area (Å²) in [6, 6.07) is 22.3. The lowest BCUT2D eigenvalue weighted by molar-refractivity contribution is -0.838. The molecule has 0 unspecified atom stereocenters. The molecule has 2 aliphatic rings. The normalized spacial score (nSPS) is 23.6. The van der Waals surface area contributed by atoms with Crippen LogP contribution in [-0.2, 0) is 4.79 Å². The predicted octanol–water partition coefficient (Wildman–Crippen LogP) is 2.66. The Hall–Kier alpha value is -2.67. The molecule has 1 saturated heterocycles. The summed E-state index contributed by atoms with van der Waals surface area (Å²) in [6.45, 7) is 4.12. The lowest BCUT2D eigenvalue weighted by atomic mass is 9.82. The van der Waals surface area contributed by atoms with E-state index >= 15 is 0 Å². The number of aromatic carboxylic acids is 1. The molecule has 0 bridgehead atoms. The van der Waals surface area contributed by atoms with E-state index in [1.54, 1.807) is 0 Å². The van der Waals surface area contributed by atoms with Crippen molar-refractivity contribution in [2.45, 2.75) is 51.5 Å². The third-order valence-electron chi connectivity index (χ3n) is 7.93. The second-order valence-electron chi connectivity index (χ2n) is 10.4. The maximum atomic E-state index is 14.1. The van der Waals surface area contributed by atoms with E-state index in [9.17, 15) is 14.7 Å². The summed E-state index contributed by atoms with van der Waals surface area (Å²) in [5, 5.41) is 10.2. The minimum absolute atomic E-state index is 0. The molecule has 5 nitrogen and oxygen atoms in total. The number of carbonyl (C=O) groups is 2. The molecule has 7 heteroatoms. The van der Waals surface area contributed by atoms with E-state index in [2.05, 4.69) is 31.2 Å². The lowest BCUT2D eigenvalue weighted by Gasteiger charge is -2.39. The SMILES string of the molecule is CC1CCC(C(=O)N(c2cc(-c3ccccc3)sc2C(=O)O)C2CC[NH+](c3ccccc3)CC2)CC1.[Cl-]. The number of piperidine rings is 1. The van der Waals surface area contributed by atoms with Gasteiger partial charge in [0.1, 0.15) is 10.6 Å². The fraction of sp³-hybridized carbons (Fsp3) is 0.400. The van der Waals surface area contributed by atoms with Crippen molar-refractivity contribution in [1.82, 2.24) is 0 Å². The summed E-state index contributed by atoms with van der Waals surface area (Å²) in [7, 11) is 0. The number of nitrogens with one attached hydrogen (secondary N) is 1. The maximum Gasteiger partial charge on any atom is 0.348 e. The van der Waals surface area contributed by atoms with Gasteiger partial charge in [0.25, 0.3) is 0 Å². The molecule has 3 aromatic rings. The molecule has 1 aliphatic carbocycles. The van der Waals surface area contributed by atoms with Crippen LogP contribution >= 0.6 is 11.3 Å². The van der Waals surface area contributed by atoms with Crippen LogP contribution in [0.1, 0.15) is 55.1 Å². The highest BCUT2D eigenvalue weighted by molar-refractivity contribution is 7.18. The Labute approximate surface area is 229 Å². The summed E-state index contributed by atoms with van der Waals surface area (Å²) in [6.07, 6.45) is 5.62. The van der Waals surface area contributed by atoms with Gasteiger partial charge < -0.3 is 27.3 Å². The second kappa shape index (κ2) is 12.2. The average Bonchev–Trinajstić information content (AvgIpc) is 3.36. The van der Waals surface area contributed by atoms with E-state index in [0.717, 1.165) is 62.1 Å². The number of carboxylic acid groups (broad SMARTS) is 1. The van der Waals surface area contributed by atoms with E-state index in [-0.39, 0.29) is 35.2 Å². The number of rotatable bonds is 6. The molecule has 0 atom stereocenters. The molecular formula is C30H35ClN2O3S. The van der Waals surface area contributed by atoms with Crippen LogP contribution in [0.15, 0.2) is 66.7 Å². The molecule has 1 aliphatic heterocycles. The van der Waals surface area contributed by atoms with Crippen molar-refractivity contribution >= 4 is 34.6 Å². The number of hydrogen-bond acceptors (Lipinski definition) is 3. The summed E-state index contributed by atoms with van der Waals surface area (Å²) < 4.78 is 0. The van der Waals surface area contributed by atoms with Crippen molar-refractivity contribution in [2.24, 2.45) is 11.8 Å². The van der Waals surface area contributed by atoms with Gasteiger partial charge in [-0.15, -0.1) is 11.3 Å². The van der Waals surface area contributed by atoms with Crippen LogP contribution in [0.4, 0.5) is 11.4 Å². The minimum atomic E-state index is -0.959. The van der Waals surface area contributed by atoms with E-state index < -0.39 is 5.97 Å². The van der Waals surface area contributed by atoms with Crippen molar-refractivity contribution in [2.75, 3.05) is 18.0 Å². The maximum absolute atomic E-state index is 14.1. The molecule has 2 aromatic carbocycles. The van der Waals surface area contributed by atoms with Gasteiger partial charge in [0, 0.05) is 29.7 Å². The second-order valence-corrected chi connectivity index (χ2v) is 11.4. The molecule has 1 aromatic heterocycles. The number of halogens is 1. The Kier molecular flexibility index (Phi) is 9.06. The number of carboxylic acids is 1. The monoisotopic (exact) mass is 538 g/mol. The molecule has 1 amide bonds. The Morgan fingerprint density at radius 1 is 0.892 bits per heavy atom. The number of quaternary nitrogens is 1. The molecule has 0 spiro atoms. The molecule has 1 saturated carbocycles. The average molecular weight is 539 g/mol. The van der Waals surface area contributed by atoms with Crippen molar-refractivity contribution in [3.05, 3.63) is 71.6 Å². The van der Waals surface area contributed by atoms with E-state index in [0.29, 0.717) is 11.6 Å². The molecule has 0 radical (unpaired) electrons. The standard InChI is InChI=1S/C30H34N2O3S.ClH/c1-21-12-14-23(15-13-21)29(33)32(25-16-18-31(19-17-25)24-10-6-3-7-11-24)26-20-27(36-28(26)30(34)35)22-8-4-2-5-9-22;/h2-11,20-21,23,25H,12-19H2,1H3,(H,34,35);1H. The first-order valence-corrected chi connectivity index (χ1v) is 14.0. The van der Waals surface area contributed by atoms with Gasteiger partial charge in [0.15, 0.2) is 0 Å². The number of nitrogens with zero attached hydrogens (tertiary/aromatic N) is 1. The summed E-state index contributed by atoms with van der Waals surface area (Å²) >= 11 is 1.28. The van der Waals surface area contributed by atoms with Gasteiger partial charge in [-0.2, -0.15) is 0 Å². The zero-order valence-corrected chi connectivity index (χ0v) is 22.8. The number of carbonyl (C=O) groups excluding carboxylic acids is 1. The highest BCUT2D eigenvalue weighted by Crippen LogP contribution is 2.40. The number of thiophene rings is 1. The Balaban J connectivity index is 0.00000320. The fourth-order valence-corrected chi connectivity index (χ4v) is 6.82. The smallest absolute Gasteiger partial charge is 0.348 e. The zero-order valence-electron chi connectivity index (χ0n) is 21.2. The first-order valence-electron chi connectivity index (χ1n) is 13.2. The Bertz CT molecular complexity index is 1180. The summed E-state index contributed by atoms with van der Waals surface area (Å²) in [4.78, 5) is 31.0. The fourth-order valence-electron chi connectivity index (χ4n) is 5.83. The number of anilines is 1. The van der Waals surface area contributed by atoms with Crippen molar-refractivity contribution in [3.8, 4) is 10.4 Å². The molecule has 2 N–H and O–H groups in total. The van der Waals surface area contributed by atoms with Gasteiger partial charge in [-0.1, -0.05) is 55.5 Å². The van der Waals surface area contributed by atoms with Crippen LogP contribution in [0.3, 0.4) is 0 Å². The van der Waals surface area contributed by atoms with Gasteiger partial charge in [0.05, 0.1) is 18.8 Å². The number of para-hydroxylation sites is 1. The molecular weight excluding hydrogens is 504 g/mol. The van der Waals surface area contributed by atoms with E-state index in [1.165, 1.54) is 21.9 Å². The first kappa shape index (κ1) is 27.4. The molecule has 2 fully saturated rings. The van der Waals surface area contributed by atoms with Gasteiger partial charge in [0.2, 0.25) is 5.91 Å². The predicted molar refractivity (Wildman–Crippen MR) is 145 cm³/mol. The van der Waals surface area contributed by atoms with Gasteiger partial charge in [-0.3, -0.25) is 4.79 Å². The van der Waals surface area contributed by atoms with Crippen LogP contribution in [-0.4, -0.2) is 36.1 Å². The van der Waals surface area contributed by atoms with Gasteiger partial charge >= 0.3 is 5.97 Å². The van der Waals surface area contributed by atoms with Crippen LogP contribution in [0, 0.1) is 11.8 Å². The topological polar surface area (TPSA) is 62.0 Å². The summed E-state index contributed by atoms with van der Waals surface area (Å²) in [5.74, 6) is -0.211. The van der Waals surface area contributed by atoms with Crippen LogP contribution < -0.4 is 22.2 Å². The van der Waals surface area contributed by atoms with Crippen molar-refractivity contribution in [3.63, 3.8) is 0 Å². The Morgan fingerprint density at radius 3 is 2.08 bits per heavy atom. The number of benzene rings is 2. The van der Waals surface area contributed by atoms with Crippen molar-refractivity contribution < 1.29 is 32.0 Å². The largest absolute Gasteiger partial charge is 1.00 e. The molecule has 2 heterocycles. The minimum Gasteiger partial charge on any atom is -1.00 e. The van der Waals surface area contributed by atoms with E-state index in [1.807, 2.05) is 47.4 Å². The van der Waals surface area contributed by atoms with E-state index in [4.69, 9.17) is 0 Å². The molecule has 5 rings (SSSR count). The van der Waals surface area contributed by atoms with Crippen molar-refractivity contribution in [1.29, 1.82) is 0 Å². The molecule has 37 heavy (non-hydrogen) atoms. The lowest BCUT2D eigenvalue weighted by Crippen LogP contribution is -3.08. The van der Waals surface area contributed by atoms with Crippen LogP contribution in [0.5, 0.6) is 0 Å². The number of hydrogen-bond donors (Lipinski definition) is 2. The Morgan fingerprint density at radius 2 is 1.49 bits per heavy atom. The van der Waals surface area contributed by atoms with Crippen LogP contribution in [0.2, 0.25) is 0 Å².